The number of aromatic amines is 1. The molecule has 18 heavy (non-hydrogen) atoms. The molecule has 0 aromatic carbocycles. The van der Waals surface area contributed by atoms with Crippen LogP contribution in [0.5, 0.6) is 0 Å². The Balaban J connectivity index is 2.09. The van der Waals surface area contributed by atoms with E-state index < -0.39 is 0 Å². The van der Waals surface area contributed by atoms with Crippen molar-refractivity contribution < 1.29 is 0 Å². The van der Waals surface area contributed by atoms with E-state index in [1.165, 1.54) is 0 Å². The molecule has 0 amide bonds. The van der Waals surface area contributed by atoms with Crippen molar-refractivity contribution in [3.63, 3.8) is 0 Å². The molecule has 96 valence electrons. The number of anilines is 1. The van der Waals surface area contributed by atoms with Gasteiger partial charge in [0.05, 0.1) is 5.69 Å². The van der Waals surface area contributed by atoms with Gasteiger partial charge in [-0.15, -0.1) is 10.2 Å². The fourth-order valence-electron chi connectivity index (χ4n) is 1.87. The van der Waals surface area contributed by atoms with Crippen LogP contribution >= 0.6 is 0 Å². The van der Waals surface area contributed by atoms with E-state index in [2.05, 4.69) is 39.7 Å². The molecule has 2 rings (SSSR count). The van der Waals surface area contributed by atoms with Crippen molar-refractivity contribution in [3.05, 3.63) is 30.5 Å². The minimum atomic E-state index is -0.0582. The highest BCUT2D eigenvalue weighted by Gasteiger charge is 2.16. The molecule has 2 heterocycles. The maximum Gasteiger partial charge on any atom is 0.149 e. The Morgan fingerprint density at radius 1 is 1.22 bits per heavy atom. The van der Waals surface area contributed by atoms with Crippen molar-refractivity contribution in [1.29, 1.82) is 0 Å². The van der Waals surface area contributed by atoms with E-state index in [-0.39, 0.29) is 5.54 Å². The third-order valence-corrected chi connectivity index (χ3v) is 2.62. The summed E-state index contributed by atoms with van der Waals surface area (Å²) in [4.78, 5) is 3.11. The van der Waals surface area contributed by atoms with E-state index in [1.54, 1.807) is 0 Å². The monoisotopic (exact) mass is 245 g/mol. The summed E-state index contributed by atoms with van der Waals surface area (Å²) in [5.74, 6) is 0.783. The van der Waals surface area contributed by atoms with Crippen LogP contribution in [0.4, 0.5) is 5.82 Å². The van der Waals surface area contributed by atoms with Crippen LogP contribution in [0, 0.1) is 0 Å². The molecule has 0 bridgehead atoms. The predicted octanol–water partition coefficient (Wildman–Crippen LogP) is 1.88. The van der Waals surface area contributed by atoms with Gasteiger partial charge in [-0.25, -0.2) is 0 Å². The van der Waals surface area contributed by atoms with E-state index >= 15 is 0 Å². The maximum atomic E-state index is 4.20. The van der Waals surface area contributed by atoms with Gasteiger partial charge >= 0.3 is 0 Å². The van der Waals surface area contributed by atoms with Crippen molar-refractivity contribution in [2.75, 3.05) is 18.9 Å². The van der Waals surface area contributed by atoms with E-state index in [1.807, 2.05) is 37.5 Å². The van der Waals surface area contributed by atoms with Gasteiger partial charge in [0.1, 0.15) is 11.5 Å². The zero-order valence-electron chi connectivity index (χ0n) is 11.0. The first-order chi connectivity index (χ1) is 8.61. The van der Waals surface area contributed by atoms with Crippen molar-refractivity contribution in [1.82, 2.24) is 20.5 Å². The Kier molecular flexibility index (Phi) is 3.62. The molecule has 2 aromatic heterocycles. The van der Waals surface area contributed by atoms with Crippen molar-refractivity contribution in [2.24, 2.45) is 0 Å². The number of H-pyrrole nitrogens is 1. The fraction of sp³-hybridized carbons (Fsp3) is 0.385. The van der Waals surface area contributed by atoms with Crippen LogP contribution in [0.2, 0.25) is 0 Å². The number of nitrogens with one attached hydrogen (secondary N) is 3. The second-order valence-corrected chi connectivity index (χ2v) is 4.93. The molecule has 5 heteroatoms. The van der Waals surface area contributed by atoms with E-state index in [9.17, 15) is 0 Å². The molecule has 0 aliphatic heterocycles. The SMILES string of the molecule is CNCC(C)(C)Nc1ccc(-c2ccc[nH]2)nn1. The Bertz CT molecular complexity index is 473. The first-order valence-electron chi connectivity index (χ1n) is 6.01. The summed E-state index contributed by atoms with van der Waals surface area (Å²) < 4.78 is 0. The minimum Gasteiger partial charge on any atom is -0.362 e. The molecule has 0 saturated heterocycles. The smallest absolute Gasteiger partial charge is 0.149 e. The van der Waals surface area contributed by atoms with Crippen LogP contribution in [0.3, 0.4) is 0 Å². The molecule has 0 atom stereocenters. The van der Waals surface area contributed by atoms with E-state index in [0.717, 1.165) is 23.8 Å². The second kappa shape index (κ2) is 5.18. The van der Waals surface area contributed by atoms with Gasteiger partial charge in [0.15, 0.2) is 0 Å². The Morgan fingerprint density at radius 3 is 2.61 bits per heavy atom. The van der Waals surface area contributed by atoms with Gasteiger partial charge in [-0.05, 0) is 45.2 Å². The number of rotatable bonds is 5. The van der Waals surface area contributed by atoms with Crippen LogP contribution in [0.15, 0.2) is 30.5 Å². The first kappa shape index (κ1) is 12.6. The lowest BCUT2D eigenvalue weighted by Crippen LogP contribution is -2.40. The number of hydrogen-bond acceptors (Lipinski definition) is 4. The van der Waals surface area contributed by atoms with Crippen LogP contribution < -0.4 is 10.6 Å². The van der Waals surface area contributed by atoms with Gasteiger partial charge in [-0.3, -0.25) is 0 Å². The van der Waals surface area contributed by atoms with Crippen LogP contribution in [-0.2, 0) is 0 Å². The van der Waals surface area contributed by atoms with Gasteiger partial charge in [-0.2, -0.15) is 0 Å². The molecule has 0 saturated carbocycles. The molecule has 3 N–H and O–H groups in total. The molecular weight excluding hydrogens is 226 g/mol. The number of hydrogen-bond donors (Lipinski definition) is 3. The lowest BCUT2D eigenvalue weighted by molar-refractivity contribution is 0.527. The summed E-state index contributed by atoms with van der Waals surface area (Å²) in [6.45, 7) is 5.08. The van der Waals surface area contributed by atoms with Gasteiger partial charge in [0.2, 0.25) is 0 Å². The van der Waals surface area contributed by atoms with Crippen LogP contribution in [0.25, 0.3) is 11.4 Å². The Labute approximate surface area is 107 Å². The normalized spacial score (nSPS) is 11.5. The highest BCUT2D eigenvalue weighted by atomic mass is 15.2. The predicted molar refractivity (Wildman–Crippen MR) is 73.4 cm³/mol. The summed E-state index contributed by atoms with van der Waals surface area (Å²) in [6.07, 6.45) is 1.87. The number of likely N-dealkylation sites (N-methyl/N-ethyl adjacent to an activating group) is 1. The first-order valence-corrected chi connectivity index (χ1v) is 6.01. The minimum absolute atomic E-state index is 0.0582. The van der Waals surface area contributed by atoms with Crippen molar-refractivity contribution in [3.8, 4) is 11.4 Å². The number of aromatic nitrogens is 3. The van der Waals surface area contributed by atoms with Gasteiger partial charge in [0.25, 0.3) is 0 Å². The van der Waals surface area contributed by atoms with Gasteiger partial charge in [-0.1, -0.05) is 0 Å². The molecule has 0 aliphatic rings. The topological polar surface area (TPSA) is 65.6 Å². The summed E-state index contributed by atoms with van der Waals surface area (Å²) >= 11 is 0. The largest absolute Gasteiger partial charge is 0.362 e. The fourth-order valence-corrected chi connectivity index (χ4v) is 1.87. The Morgan fingerprint density at radius 2 is 2.06 bits per heavy atom. The lowest BCUT2D eigenvalue weighted by atomic mass is 10.1. The summed E-state index contributed by atoms with van der Waals surface area (Å²) in [5, 5.41) is 14.9. The summed E-state index contributed by atoms with van der Waals surface area (Å²) in [7, 11) is 1.93. The molecule has 0 fully saturated rings. The average Bonchev–Trinajstić information content (AvgIpc) is 2.82. The summed E-state index contributed by atoms with van der Waals surface area (Å²) in [5.41, 5.74) is 1.76. The third kappa shape index (κ3) is 3.07. The zero-order valence-corrected chi connectivity index (χ0v) is 11.0. The quantitative estimate of drug-likeness (QED) is 0.752. The third-order valence-electron chi connectivity index (χ3n) is 2.62. The number of nitrogens with zero attached hydrogens (tertiary/aromatic N) is 2. The second-order valence-electron chi connectivity index (χ2n) is 4.93. The Hall–Kier alpha value is -1.88. The van der Waals surface area contributed by atoms with Gasteiger partial charge < -0.3 is 15.6 Å². The highest BCUT2D eigenvalue weighted by molar-refractivity contribution is 5.55. The van der Waals surface area contributed by atoms with E-state index in [4.69, 9.17) is 0 Å². The molecule has 0 spiro atoms. The van der Waals surface area contributed by atoms with Crippen LogP contribution in [-0.4, -0.2) is 34.3 Å². The standard InChI is InChI=1S/C13H19N5/c1-13(2,9-14-3)16-12-7-6-11(17-18-12)10-5-4-8-15-10/h4-8,14-15H,9H2,1-3H3,(H,16,18). The van der Waals surface area contributed by atoms with Crippen molar-refractivity contribution >= 4 is 5.82 Å². The molecular formula is C13H19N5. The van der Waals surface area contributed by atoms with E-state index in [0.29, 0.717) is 0 Å². The molecule has 0 radical (unpaired) electrons. The average molecular weight is 245 g/mol. The zero-order chi connectivity index (χ0) is 13.0. The lowest BCUT2D eigenvalue weighted by Gasteiger charge is -2.26. The highest BCUT2D eigenvalue weighted by Crippen LogP contribution is 2.16. The van der Waals surface area contributed by atoms with Gasteiger partial charge in [0, 0.05) is 18.3 Å². The maximum absolute atomic E-state index is 4.20. The van der Waals surface area contributed by atoms with Crippen molar-refractivity contribution in [2.45, 2.75) is 19.4 Å². The molecule has 0 aliphatic carbocycles. The molecule has 5 nitrogen and oxygen atoms in total. The summed E-state index contributed by atoms with van der Waals surface area (Å²) in [6, 6.07) is 7.82. The molecule has 2 aromatic rings. The molecule has 0 unspecified atom stereocenters. The van der Waals surface area contributed by atoms with Crippen LogP contribution in [0.1, 0.15) is 13.8 Å².